The van der Waals surface area contributed by atoms with Gasteiger partial charge in [0.1, 0.15) is 11.8 Å². The lowest BCUT2D eigenvalue weighted by Gasteiger charge is -2.17. The van der Waals surface area contributed by atoms with E-state index in [0.29, 0.717) is 12.4 Å². The summed E-state index contributed by atoms with van der Waals surface area (Å²) in [6, 6.07) is 27.1. The van der Waals surface area contributed by atoms with E-state index < -0.39 is 6.04 Å². The highest BCUT2D eigenvalue weighted by Gasteiger charge is 2.21. The Morgan fingerprint density at radius 3 is 2.12 bits per heavy atom. The van der Waals surface area contributed by atoms with Gasteiger partial charge in [0, 0.05) is 18.2 Å². The predicted molar refractivity (Wildman–Crippen MR) is 129 cm³/mol. The Hall–Kier alpha value is -4.19. The summed E-state index contributed by atoms with van der Waals surface area (Å²) >= 11 is 0. The van der Waals surface area contributed by atoms with Gasteiger partial charge < -0.3 is 14.8 Å². The summed E-state index contributed by atoms with van der Waals surface area (Å²) in [5.41, 5.74) is 4.94. The first-order valence-electron chi connectivity index (χ1n) is 10.6. The standard InChI is InChI=1S/C27H25N3O3/c1-32-23-14-12-21(13-15-23)20-8-10-22(11-9-20)24-16-17-28-27(29-24)30-25(26(31)33-2)18-19-6-4-3-5-7-19/h3-17,25H,18H2,1-2H3,(H,28,29,30)/t25-/m0/s1. The summed E-state index contributed by atoms with van der Waals surface area (Å²) in [5, 5.41) is 3.13. The maximum Gasteiger partial charge on any atom is 0.328 e. The van der Waals surface area contributed by atoms with Crippen molar-refractivity contribution in [1.82, 2.24) is 9.97 Å². The average molecular weight is 440 g/mol. The minimum atomic E-state index is -0.593. The Labute approximate surface area is 193 Å². The third kappa shape index (κ3) is 5.54. The summed E-state index contributed by atoms with van der Waals surface area (Å²) < 4.78 is 10.2. The van der Waals surface area contributed by atoms with Crippen LogP contribution in [0.5, 0.6) is 5.75 Å². The number of esters is 1. The van der Waals surface area contributed by atoms with Crippen LogP contribution in [-0.4, -0.2) is 36.2 Å². The van der Waals surface area contributed by atoms with Gasteiger partial charge >= 0.3 is 5.97 Å². The highest BCUT2D eigenvalue weighted by atomic mass is 16.5. The van der Waals surface area contributed by atoms with Crippen molar-refractivity contribution in [3.63, 3.8) is 0 Å². The fourth-order valence-electron chi connectivity index (χ4n) is 3.55. The zero-order valence-corrected chi connectivity index (χ0v) is 18.6. The van der Waals surface area contributed by atoms with Crippen LogP contribution < -0.4 is 10.1 Å². The Balaban J connectivity index is 1.52. The van der Waals surface area contributed by atoms with Gasteiger partial charge in [0.05, 0.1) is 19.9 Å². The Morgan fingerprint density at radius 1 is 0.848 bits per heavy atom. The first kappa shape index (κ1) is 22.0. The molecule has 1 heterocycles. The van der Waals surface area contributed by atoms with Crippen LogP contribution in [0.2, 0.25) is 0 Å². The molecule has 0 radical (unpaired) electrons. The molecule has 0 saturated heterocycles. The van der Waals surface area contributed by atoms with Gasteiger partial charge in [-0.25, -0.2) is 14.8 Å². The molecule has 1 atom stereocenters. The Kier molecular flexibility index (Phi) is 6.95. The number of rotatable bonds is 8. The number of carbonyl (C=O) groups is 1. The number of anilines is 1. The number of carbonyl (C=O) groups excluding carboxylic acids is 1. The number of hydrogen-bond acceptors (Lipinski definition) is 6. The number of ether oxygens (including phenoxy) is 2. The van der Waals surface area contributed by atoms with Crippen molar-refractivity contribution in [3.8, 4) is 28.1 Å². The van der Waals surface area contributed by atoms with Crippen molar-refractivity contribution >= 4 is 11.9 Å². The molecule has 1 N–H and O–H groups in total. The number of benzene rings is 3. The zero-order valence-electron chi connectivity index (χ0n) is 18.6. The monoisotopic (exact) mass is 439 g/mol. The van der Waals surface area contributed by atoms with Gasteiger partial charge in [-0.1, -0.05) is 66.7 Å². The quantitative estimate of drug-likeness (QED) is 0.389. The van der Waals surface area contributed by atoms with Crippen molar-refractivity contribution in [2.75, 3.05) is 19.5 Å². The van der Waals surface area contributed by atoms with Crippen LogP contribution >= 0.6 is 0 Å². The van der Waals surface area contributed by atoms with Gasteiger partial charge in [-0.2, -0.15) is 0 Å². The lowest BCUT2D eigenvalue weighted by Crippen LogP contribution is -2.33. The molecular formula is C27H25N3O3. The smallest absolute Gasteiger partial charge is 0.328 e. The van der Waals surface area contributed by atoms with E-state index in [0.717, 1.165) is 33.7 Å². The SMILES string of the molecule is COC(=O)[C@H](Cc1ccccc1)Nc1nccc(-c2ccc(-c3ccc(OC)cc3)cc2)n1. The van der Waals surface area contributed by atoms with Crippen molar-refractivity contribution in [2.24, 2.45) is 0 Å². The van der Waals surface area contributed by atoms with Crippen molar-refractivity contribution in [2.45, 2.75) is 12.5 Å². The second-order valence-electron chi connectivity index (χ2n) is 7.48. The Morgan fingerprint density at radius 2 is 1.48 bits per heavy atom. The van der Waals surface area contributed by atoms with Gasteiger partial charge in [-0.15, -0.1) is 0 Å². The first-order chi connectivity index (χ1) is 16.2. The van der Waals surface area contributed by atoms with Crippen molar-refractivity contribution in [1.29, 1.82) is 0 Å². The normalized spacial score (nSPS) is 11.5. The van der Waals surface area contributed by atoms with Gasteiger partial charge in [-0.3, -0.25) is 0 Å². The second-order valence-corrected chi connectivity index (χ2v) is 7.48. The van der Waals surface area contributed by atoms with Gasteiger partial charge in [0.2, 0.25) is 5.95 Å². The maximum absolute atomic E-state index is 12.3. The summed E-state index contributed by atoms with van der Waals surface area (Å²) in [4.78, 5) is 21.3. The lowest BCUT2D eigenvalue weighted by atomic mass is 10.0. The van der Waals surface area contributed by atoms with Crippen LogP contribution in [0.15, 0.2) is 91.1 Å². The second kappa shape index (κ2) is 10.4. The number of methoxy groups -OCH3 is 2. The summed E-state index contributed by atoms with van der Waals surface area (Å²) in [6.07, 6.45) is 2.15. The highest BCUT2D eigenvalue weighted by Crippen LogP contribution is 2.26. The van der Waals surface area contributed by atoms with Crippen LogP contribution in [0.4, 0.5) is 5.95 Å². The molecule has 0 aliphatic carbocycles. The lowest BCUT2D eigenvalue weighted by molar-refractivity contribution is -0.141. The largest absolute Gasteiger partial charge is 0.497 e. The molecule has 166 valence electrons. The summed E-state index contributed by atoms with van der Waals surface area (Å²) in [7, 11) is 3.04. The van der Waals surface area contributed by atoms with Crippen LogP contribution in [0, 0.1) is 0 Å². The molecular weight excluding hydrogens is 414 g/mol. The van der Waals surface area contributed by atoms with Crippen LogP contribution in [0.3, 0.4) is 0 Å². The minimum absolute atomic E-state index is 0.364. The fraction of sp³-hybridized carbons (Fsp3) is 0.148. The molecule has 3 aromatic carbocycles. The van der Waals surface area contributed by atoms with E-state index in [-0.39, 0.29) is 5.97 Å². The number of nitrogens with zero attached hydrogens (tertiary/aromatic N) is 2. The third-order valence-corrected chi connectivity index (χ3v) is 5.33. The molecule has 0 unspecified atom stereocenters. The molecule has 0 bridgehead atoms. The van der Waals surface area contributed by atoms with E-state index >= 15 is 0 Å². The topological polar surface area (TPSA) is 73.3 Å². The van der Waals surface area contributed by atoms with Crippen LogP contribution in [0.25, 0.3) is 22.4 Å². The first-order valence-corrected chi connectivity index (χ1v) is 10.6. The number of hydrogen-bond donors (Lipinski definition) is 1. The molecule has 0 saturated carbocycles. The summed E-state index contributed by atoms with van der Waals surface area (Å²) in [6.45, 7) is 0. The summed E-state index contributed by atoms with van der Waals surface area (Å²) in [5.74, 6) is 0.837. The van der Waals surface area contributed by atoms with Crippen molar-refractivity contribution in [3.05, 3.63) is 96.7 Å². The molecule has 1 aromatic heterocycles. The Bertz CT molecular complexity index is 1190. The molecule has 0 amide bonds. The molecule has 0 spiro atoms. The maximum atomic E-state index is 12.3. The zero-order chi connectivity index (χ0) is 23.0. The molecule has 6 heteroatoms. The third-order valence-electron chi connectivity index (χ3n) is 5.33. The van der Waals surface area contributed by atoms with E-state index in [1.54, 1.807) is 13.3 Å². The molecule has 4 rings (SSSR count). The molecule has 0 aliphatic rings. The van der Waals surface area contributed by atoms with E-state index in [1.165, 1.54) is 7.11 Å². The van der Waals surface area contributed by atoms with Gasteiger partial charge in [0.25, 0.3) is 0 Å². The molecule has 6 nitrogen and oxygen atoms in total. The fourth-order valence-corrected chi connectivity index (χ4v) is 3.55. The van der Waals surface area contributed by atoms with Crippen molar-refractivity contribution < 1.29 is 14.3 Å². The van der Waals surface area contributed by atoms with E-state index in [4.69, 9.17) is 9.47 Å². The number of aromatic nitrogens is 2. The molecule has 4 aromatic rings. The van der Waals surface area contributed by atoms with Crippen LogP contribution in [-0.2, 0) is 16.0 Å². The highest BCUT2D eigenvalue weighted by molar-refractivity contribution is 5.79. The van der Waals surface area contributed by atoms with Gasteiger partial charge in [-0.05, 0) is 34.9 Å². The van der Waals surface area contributed by atoms with Crippen LogP contribution in [0.1, 0.15) is 5.56 Å². The minimum Gasteiger partial charge on any atom is -0.497 e. The molecule has 33 heavy (non-hydrogen) atoms. The van der Waals surface area contributed by atoms with E-state index in [1.807, 2.05) is 72.8 Å². The molecule has 0 fully saturated rings. The van der Waals surface area contributed by atoms with Gasteiger partial charge in [0.15, 0.2) is 0 Å². The predicted octanol–water partition coefficient (Wildman–Crippen LogP) is 5.02. The number of nitrogens with one attached hydrogen (secondary N) is 1. The van der Waals surface area contributed by atoms with E-state index in [2.05, 4.69) is 27.4 Å². The average Bonchev–Trinajstić information content (AvgIpc) is 2.89. The van der Waals surface area contributed by atoms with E-state index in [9.17, 15) is 4.79 Å². The molecule has 0 aliphatic heterocycles.